The van der Waals surface area contributed by atoms with Crippen LogP contribution >= 0.6 is 0 Å². The maximum Gasteiger partial charge on any atom is 0.329 e. The molecule has 0 fully saturated rings. The Morgan fingerprint density at radius 3 is 2.58 bits per heavy atom. The number of nitrogens with one attached hydrogen (secondary N) is 1. The van der Waals surface area contributed by atoms with Gasteiger partial charge in [0.2, 0.25) is 5.91 Å². The van der Waals surface area contributed by atoms with E-state index >= 15 is 0 Å². The van der Waals surface area contributed by atoms with Gasteiger partial charge in [0.15, 0.2) is 0 Å². The minimum Gasteiger partial charge on any atom is -0.350 e. The SMILES string of the molecule is CCn1c(=O)n(CC(=O)N[C@@H](C)Cn2ccnc2)c2ccccc21. The normalized spacial score (nSPS) is 12.4. The summed E-state index contributed by atoms with van der Waals surface area (Å²) in [6.45, 7) is 5.07. The molecule has 0 aliphatic carbocycles. The number of carbonyl (C=O) groups excluding carboxylic acids is 1. The molecular weight excluding hydrogens is 306 g/mol. The summed E-state index contributed by atoms with van der Waals surface area (Å²) < 4.78 is 5.11. The van der Waals surface area contributed by atoms with Crippen molar-refractivity contribution in [3.8, 4) is 0 Å². The van der Waals surface area contributed by atoms with Gasteiger partial charge in [0.05, 0.1) is 17.4 Å². The van der Waals surface area contributed by atoms with Gasteiger partial charge in [-0.1, -0.05) is 12.1 Å². The first-order valence-corrected chi connectivity index (χ1v) is 8.03. The Morgan fingerprint density at radius 1 is 1.25 bits per heavy atom. The Bertz CT molecular complexity index is 891. The standard InChI is InChI=1S/C17H21N5O2/c1-3-21-14-6-4-5-7-15(14)22(17(21)24)11-16(23)19-13(2)10-20-9-8-18-12-20/h4-9,12-13H,3,10-11H2,1-2H3,(H,19,23)/t13-/m0/s1. The number of benzene rings is 1. The van der Waals surface area contributed by atoms with Gasteiger partial charge in [0.1, 0.15) is 6.54 Å². The Kier molecular flexibility index (Phi) is 4.50. The zero-order chi connectivity index (χ0) is 17.1. The summed E-state index contributed by atoms with van der Waals surface area (Å²) in [6.07, 6.45) is 5.26. The van der Waals surface area contributed by atoms with E-state index in [1.165, 1.54) is 4.57 Å². The summed E-state index contributed by atoms with van der Waals surface area (Å²) in [5, 5.41) is 2.93. The van der Waals surface area contributed by atoms with Gasteiger partial charge in [-0.2, -0.15) is 0 Å². The molecule has 1 aromatic carbocycles. The van der Waals surface area contributed by atoms with Crippen LogP contribution in [0.15, 0.2) is 47.8 Å². The lowest BCUT2D eigenvalue weighted by molar-refractivity contribution is -0.122. The Hall–Kier alpha value is -2.83. The lowest BCUT2D eigenvalue weighted by Crippen LogP contribution is -2.39. The number of carbonyl (C=O) groups is 1. The summed E-state index contributed by atoms with van der Waals surface area (Å²) in [7, 11) is 0. The van der Waals surface area contributed by atoms with Gasteiger partial charge in [0.25, 0.3) is 0 Å². The van der Waals surface area contributed by atoms with Gasteiger partial charge in [-0.3, -0.25) is 13.9 Å². The number of para-hydroxylation sites is 2. The molecule has 0 bridgehead atoms. The van der Waals surface area contributed by atoms with Crippen molar-refractivity contribution >= 4 is 16.9 Å². The number of hydrogen-bond donors (Lipinski definition) is 1. The largest absolute Gasteiger partial charge is 0.350 e. The van der Waals surface area contributed by atoms with Crippen LogP contribution < -0.4 is 11.0 Å². The van der Waals surface area contributed by atoms with Gasteiger partial charge in [-0.25, -0.2) is 9.78 Å². The molecular formula is C17H21N5O2. The van der Waals surface area contributed by atoms with Crippen molar-refractivity contribution < 1.29 is 4.79 Å². The monoisotopic (exact) mass is 327 g/mol. The van der Waals surface area contributed by atoms with Crippen molar-refractivity contribution in [2.45, 2.75) is 39.5 Å². The maximum absolute atomic E-state index is 12.5. The molecule has 0 spiro atoms. The summed E-state index contributed by atoms with van der Waals surface area (Å²) in [6, 6.07) is 7.48. The first kappa shape index (κ1) is 16.0. The predicted octanol–water partition coefficient (Wildman–Crippen LogP) is 1.22. The Balaban J connectivity index is 1.76. The number of aromatic nitrogens is 4. The molecule has 24 heavy (non-hydrogen) atoms. The van der Waals surface area contributed by atoms with Gasteiger partial charge in [-0.05, 0) is 26.0 Å². The van der Waals surface area contributed by atoms with Crippen molar-refractivity contribution in [3.05, 3.63) is 53.5 Å². The summed E-state index contributed by atoms with van der Waals surface area (Å²) in [4.78, 5) is 28.9. The van der Waals surface area contributed by atoms with Gasteiger partial charge in [0, 0.05) is 31.5 Å². The molecule has 0 saturated carbocycles. The van der Waals surface area contributed by atoms with E-state index in [4.69, 9.17) is 0 Å². The van der Waals surface area contributed by atoms with Gasteiger partial charge in [-0.15, -0.1) is 0 Å². The number of rotatable bonds is 6. The fourth-order valence-corrected chi connectivity index (χ4v) is 2.95. The third-order valence-corrected chi connectivity index (χ3v) is 3.99. The lowest BCUT2D eigenvalue weighted by atomic mass is 10.3. The fraction of sp³-hybridized carbons (Fsp3) is 0.353. The molecule has 126 valence electrons. The van der Waals surface area contributed by atoms with E-state index in [0.717, 1.165) is 11.0 Å². The molecule has 0 aliphatic rings. The molecule has 0 radical (unpaired) electrons. The van der Waals surface area contributed by atoms with E-state index in [9.17, 15) is 9.59 Å². The second kappa shape index (κ2) is 6.74. The summed E-state index contributed by atoms with van der Waals surface area (Å²) in [5.74, 6) is -0.177. The van der Waals surface area contributed by atoms with Crippen molar-refractivity contribution in [3.63, 3.8) is 0 Å². The van der Waals surface area contributed by atoms with Gasteiger partial charge >= 0.3 is 5.69 Å². The topological polar surface area (TPSA) is 73.8 Å². The minimum absolute atomic E-state index is 0.0145. The molecule has 3 aromatic rings. The number of imidazole rings is 2. The van der Waals surface area contributed by atoms with E-state index < -0.39 is 0 Å². The first-order valence-electron chi connectivity index (χ1n) is 8.03. The van der Waals surface area contributed by atoms with Crippen LogP contribution in [0.5, 0.6) is 0 Å². The molecule has 1 atom stereocenters. The van der Waals surface area contributed by atoms with E-state index in [-0.39, 0.29) is 24.2 Å². The Labute approximate surface area is 139 Å². The van der Waals surface area contributed by atoms with E-state index in [1.54, 1.807) is 17.1 Å². The van der Waals surface area contributed by atoms with E-state index in [2.05, 4.69) is 10.3 Å². The predicted molar refractivity (Wildman–Crippen MR) is 91.7 cm³/mol. The molecule has 1 N–H and O–H groups in total. The van der Waals surface area contributed by atoms with Crippen molar-refractivity contribution in [1.82, 2.24) is 24.0 Å². The quantitative estimate of drug-likeness (QED) is 0.740. The molecule has 0 unspecified atom stereocenters. The van der Waals surface area contributed by atoms with Crippen molar-refractivity contribution in [2.75, 3.05) is 0 Å². The van der Waals surface area contributed by atoms with Crippen LogP contribution in [-0.4, -0.2) is 30.6 Å². The van der Waals surface area contributed by atoms with Crippen LogP contribution in [0.4, 0.5) is 0 Å². The summed E-state index contributed by atoms with van der Waals surface area (Å²) >= 11 is 0. The van der Waals surface area contributed by atoms with Crippen molar-refractivity contribution in [1.29, 1.82) is 0 Å². The second-order valence-corrected chi connectivity index (χ2v) is 5.83. The Morgan fingerprint density at radius 2 is 1.96 bits per heavy atom. The molecule has 3 rings (SSSR count). The molecule has 7 nitrogen and oxygen atoms in total. The highest BCUT2D eigenvalue weighted by atomic mass is 16.2. The van der Waals surface area contributed by atoms with Crippen LogP contribution in [0.2, 0.25) is 0 Å². The lowest BCUT2D eigenvalue weighted by Gasteiger charge is -2.14. The van der Waals surface area contributed by atoms with Crippen LogP contribution in [0.25, 0.3) is 11.0 Å². The van der Waals surface area contributed by atoms with E-state index in [0.29, 0.717) is 13.1 Å². The summed E-state index contributed by atoms with van der Waals surface area (Å²) in [5.41, 5.74) is 1.47. The third kappa shape index (κ3) is 3.10. The molecule has 0 aliphatic heterocycles. The molecule has 2 aromatic heterocycles. The van der Waals surface area contributed by atoms with E-state index in [1.807, 2.05) is 48.9 Å². The van der Waals surface area contributed by atoms with Crippen molar-refractivity contribution in [2.24, 2.45) is 0 Å². The third-order valence-electron chi connectivity index (χ3n) is 3.99. The zero-order valence-corrected chi connectivity index (χ0v) is 13.8. The zero-order valence-electron chi connectivity index (χ0n) is 13.8. The number of hydrogen-bond acceptors (Lipinski definition) is 3. The molecule has 0 saturated heterocycles. The van der Waals surface area contributed by atoms with Crippen LogP contribution in [0, 0.1) is 0 Å². The fourth-order valence-electron chi connectivity index (χ4n) is 2.95. The number of nitrogens with zero attached hydrogens (tertiary/aromatic N) is 4. The smallest absolute Gasteiger partial charge is 0.329 e. The number of fused-ring (bicyclic) bond motifs is 1. The van der Waals surface area contributed by atoms with Crippen LogP contribution in [0.3, 0.4) is 0 Å². The highest BCUT2D eigenvalue weighted by Crippen LogP contribution is 2.12. The molecule has 1 amide bonds. The average Bonchev–Trinajstić information content (AvgIpc) is 3.14. The van der Waals surface area contributed by atoms with Crippen LogP contribution in [0.1, 0.15) is 13.8 Å². The second-order valence-electron chi connectivity index (χ2n) is 5.83. The first-order chi connectivity index (χ1) is 11.6. The molecule has 7 heteroatoms. The highest BCUT2D eigenvalue weighted by molar-refractivity contribution is 5.81. The maximum atomic E-state index is 12.5. The number of aryl methyl sites for hydroxylation is 1. The average molecular weight is 327 g/mol. The number of amides is 1. The molecule has 2 heterocycles. The van der Waals surface area contributed by atoms with Crippen LogP contribution in [-0.2, 0) is 24.4 Å². The van der Waals surface area contributed by atoms with Gasteiger partial charge < -0.3 is 9.88 Å². The minimum atomic E-state index is -0.177. The highest BCUT2D eigenvalue weighted by Gasteiger charge is 2.15.